The molecule has 0 aliphatic carbocycles. The number of ether oxygens (including phenoxy) is 1. The molecule has 12 heteroatoms. The molecule has 0 saturated heterocycles. The third-order valence-electron chi connectivity index (χ3n) is 1.49. The van der Waals surface area contributed by atoms with Crippen LogP contribution in [0.2, 0.25) is 0 Å². The number of carboxylic acids is 1. The zero-order chi connectivity index (χ0) is 15.3. The molecule has 8 nitrogen and oxygen atoms in total. The van der Waals surface area contributed by atoms with E-state index < -0.39 is 45.8 Å². The fourth-order valence-corrected chi connectivity index (χ4v) is 1.90. The SMILES string of the molecule is CCOC(=O)NS(=O)(=O)N(CC(=O)O)CC(F)(F)F. The van der Waals surface area contributed by atoms with Gasteiger partial charge in [0.1, 0.15) is 13.1 Å². The van der Waals surface area contributed by atoms with Gasteiger partial charge in [0.15, 0.2) is 0 Å². The van der Waals surface area contributed by atoms with Crippen LogP contribution < -0.4 is 4.72 Å². The van der Waals surface area contributed by atoms with Gasteiger partial charge in [0.25, 0.3) is 0 Å². The van der Waals surface area contributed by atoms with Gasteiger partial charge in [-0.2, -0.15) is 25.9 Å². The molecular weight excluding hydrogens is 297 g/mol. The second-order valence-corrected chi connectivity index (χ2v) is 4.78. The molecule has 0 aromatic rings. The third kappa shape index (κ3) is 7.46. The van der Waals surface area contributed by atoms with Gasteiger partial charge in [-0.3, -0.25) is 4.79 Å². The molecule has 0 unspecified atom stereocenters. The van der Waals surface area contributed by atoms with E-state index in [1.165, 1.54) is 6.92 Å². The Bertz CT molecular complexity index is 435. The molecule has 0 bridgehead atoms. The third-order valence-corrected chi connectivity index (χ3v) is 2.86. The molecule has 0 aliphatic heterocycles. The van der Waals surface area contributed by atoms with Gasteiger partial charge in [0.2, 0.25) is 0 Å². The van der Waals surface area contributed by atoms with Gasteiger partial charge >= 0.3 is 28.4 Å². The van der Waals surface area contributed by atoms with Gasteiger partial charge in [-0.15, -0.1) is 0 Å². The first-order valence-electron chi connectivity index (χ1n) is 4.71. The van der Waals surface area contributed by atoms with Gasteiger partial charge in [-0.05, 0) is 6.92 Å². The topological polar surface area (TPSA) is 113 Å². The number of alkyl halides is 3. The first-order valence-corrected chi connectivity index (χ1v) is 6.15. The molecule has 0 aromatic carbocycles. The van der Waals surface area contributed by atoms with Crippen LogP contribution in [0.5, 0.6) is 0 Å². The summed E-state index contributed by atoms with van der Waals surface area (Å²) in [4.78, 5) is 21.2. The Morgan fingerprint density at radius 1 is 1.37 bits per heavy atom. The number of rotatable bonds is 6. The number of amides is 1. The van der Waals surface area contributed by atoms with Gasteiger partial charge in [0, 0.05) is 0 Å². The highest BCUT2D eigenvalue weighted by molar-refractivity contribution is 7.87. The molecule has 0 aromatic heterocycles. The van der Waals surface area contributed by atoms with Crippen molar-refractivity contribution in [3.63, 3.8) is 0 Å². The van der Waals surface area contributed by atoms with Crippen molar-refractivity contribution in [2.45, 2.75) is 13.1 Å². The lowest BCUT2D eigenvalue weighted by atomic mass is 10.6. The number of nitrogens with one attached hydrogen (secondary N) is 1. The Morgan fingerprint density at radius 3 is 2.26 bits per heavy atom. The first kappa shape index (κ1) is 17.4. The van der Waals surface area contributed by atoms with Crippen molar-refractivity contribution >= 4 is 22.3 Å². The maximum absolute atomic E-state index is 12.1. The Kier molecular flexibility index (Phi) is 6.02. The average Bonchev–Trinajstić information content (AvgIpc) is 2.12. The summed E-state index contributed by atoms with van der Waals surface area (Å²) in [5.74, 6) is -1.81. The first-order chi connectivity index (χ1) is 8.48. The molecule has 0 fully saturated rings. The van der Waals surface area contributed by atoms with Crippen molar-refractivity contribution in [1.82, 2.24) is 9.03 Å². The van der Waals surface area contributed by atoms with E-state index in [-0.39, 0.29) is 6.61 Å². The maximum Gasteiger partial charge on any atom is 0.421 e. The molecule has 0 saturated carbocycles. The molecule has 112 valence electrons. The predicted octanol–water partition coefficient (Wildman–Crippen LogP) is -0.0738. The van der Waals surface area contributed by atoms with Gasteiger partial charge in [-0.25, -0.2) is 9.52 Å². The van der Waals surface area contributed by atoms with Crippen molar-refractivity contribution in [1.29, 1.82) is 0 Å². The van der Waals surface area contributed by atoms with Gasteiger partial charge in [0.05, 0.1) is 6.61 Å². The van der Waals surface area contributed by atoms with Crippen LogP contribution in [0.1, 0.15) is 6.92 Å². The summed E-state index contributed by atoms with van der Waals surface area (Å²) >= 11 is 0. The molecule has 0 atom stereocenters. The van der Waals surface area contributed by atoms with Crippen LogP contribution >= 0.6 is 0 Å². The van der Waals surface area contributed by atoms with Crippen LogP contribution in [-0.2, 0) is 19.7 Å². The summed E-state index contributed by atoms with van der Waals surface area (Å²) in [5, 5.41) is 8.36. The second-order valence-electron chi connectivity index (χ2n) is 3.10. The highest BCUT2D eigenvalue weighted by Gasteiger charge is 2.38. The van der Waals surface area contributed by atoms with E-state index in [1.807, 2.05) is 0 Å². The largest absolute Gasteiger partial charge is 0.480 e. The summed E-state index contributed by atoms with van der Waals surface area (Å²) in [7, 11) is -4.96. The number of hydrogen-bond donors (Lipinski definition) is 2. The molecule has 0 spiro atoms. The highest BCUT2D eigenvalue weighted by Crippen LogP contribution is 2.17. The normalized spacial score (nSPS) is 12.3. The summed E-state index contributed by atoms with van der Waals surface area (Å²) in [6, 6.07) is 0. The number of halogens is 3. The van der Waals surface area contributed by atoms with E-state index in [0.29, 0.717) is 0 Å². The van der Waals surface area contributed by atoms with Crippen molar-refractivity contribution in [2.75, 3.05) is 19.7 Å². The molecule has 0 heterocycles. The average molecular weight is 308 g/mol. The van der Waals surface area contributed by atoms with Crippen molar-refractivity contribution in [3.8, 4) is 0 Å². The minimum absolute atomic E-state index is 0.209. The number of hydrogen-bond acceptors (Lipinski definition) is 5. The fraction of sp³-hybridized carbons (Fsp3) is 0.714. The molecule has 0 radical (unpaired) electrons. The van der Waals surface area contributed by atoms with Crippen LogP contribution in [0.15, 0.2) is 0 Å². The van der Waals surface area contributed by atoms with Crippen molar-refractivity contribution in [3.05, 3.63) is 0 Å². The van der Waals surface area contributed by atoms with E-state index in [2.05, 4.69) is 4.74 Å². The molecule has 1 amide bonds. The van der Waals surface area contributed by atoms with Crippen LogP contribution in [0, 0.1) is 0 Å². The monoisotopic (exact) mass is 308 g/mol. The van der Waals surface area contributed by atoms with E-state index in [0.717, 1.165) is 4.72 Å². The summed E-state index contributed by atoms with van der Waals surface area (Å²) in [6.07, 6.45) is -6.46. The molecule has 0 aliphatic rings. The van der Waals surface area contributed by atoms with Crippen molar-refractivity contribution < 1.29 is 41.0 Å². The van der Waals surface area contributed by atoms with Crippen LogP contribution in [0.3, 0.4) is 0 Å². The lowest BCUT2D eigenvalue weighted by molar-refractivity contribution is -0.146. The number of carboxylic acid groups (broad SMARTS) is 1. The number of carbonyl (C=O) groups is 2. The van der Waals surface area contributed by atoms with Gasteiger partial charge in [-0.1, -0.05) is 0 Å². The Labute approximate surface area is 106 Å². The fourth-order valence-electron chi connectivity index (χ4n) is 0.907. The summed E-state index contributed by atoms with van der Waals surface area (Å²) < 4.78 is 64.0. The number of aliphatic carboxylic acids is 1. The number of nitrogens with zero attached hydrogens (tertiary/aromatic N) is 1. The molecule has 0 rings (SSSR count). The second kappa shape index (κ2) is 6.56. The van der Waals surface area contributed by atoms with E-state index in [1.54, 1.807) is 0 Å². The minimum atomic E-state index is -4.96. The molecular formula is C7H11F3N2O6S. The zero-order valence-electron chi connectivity index (χ0n) is 9.60. The highest BCUT2D eigenvalue weighted by atomic mass is 32.2. The molecule has 19 heavy (non-hydrogen) atoms. The lowest BCUT2D eigenvalue weighted by Gasteiger charge is -2.21. The number of carbonyl (C=O) groups excluding carboxylic acids is 1. The quantitative estimate of drug-likeness (QED) is 0.710. The van der Waals surface area contributed by atoms with Crippen LogP contribution in [0.25, 0.3) is 0 Å². The van der Waals surface area contributed by atoms with Crippen molar-refractivity contribution in [2.24, 2.45) is 0 Å². The smallest absolute Gasteiger partial charge is 0.421 e. The zero-order valence-corrected chi connectivity index (χ0v) is 10.4. The van der Waals surface area contributed by atoms with Gasteiger partial charge < -0.3 is 9.84 Å². The Balaban J connectivity index is 5.01. The van der Waals surface area contributed by atoms with E-state index >= 15 is 0 Å². The van der Waals surface area contributed by atoms with Crippen LogP contribution in [0.4, 0.5) is 18.0 Å². The van der Waals surface area contributed by atoms with Crippen LogP contribution in [-0.4, -0.2) is 55.8 Å². The lowest BCUT2D eigenvalue weighted by Crippen LogP contribution is -2.49. The Hall–Kier alpha value is -1.56. The summed E-state index contributed by atoms with van der Waals surface area (Å²) in [5.41, 5.74) is 0. The summed E-state index contributed by atoms with van der Waals surface area (Å²) in [6.45, 7) is -2.36. The maximum atomic E-state index is 12.1. The predicted molar refractivity (Wildman–Crippen MR) is 54.3 cm³/mol. The Morgan fingerprint density at radius 2 is 1.89 bits per heavy atom. The van der Waals surface area contributed by atoms with E-state index in [4.69, 9.17) is 5.11 Å². The molecule has 2 N–H and O–H groups in total. The minimum Gasteiger partial charge on any atom is -0.480 e. The standard InChI is InChI=1S/C7H11F3N2O6S/c1-2-18-6(15)11-19(16,17)12(3-5(13)14)4-7(8,9)10/h2-4H2,1H3,(H,11,15)(H,13,14). The van der Waals surface area contributed by atoms with E-state index in [9.17, 15) is 31.2 Å².